The molecule has 0 aliphatic rings. The van der Waals surface area contributed by atoms with Crippen LogP contribution in [0.5, 0.6) is 0 Å². The van der Waals surface area contributed by atoms with E-state index in [9.17, 15) is 9.59 Å². The van der Waals surface area contributed by atoms with E-state index in [1.165, 1.54) is 12.1 Å². The number of aldehydes is 1. The van der Waals surface area contributed by atoms with Crippen LogP contribution in [0.25, 0.3) is 0 Å². The summed E-state index contributed by atoms with van der Waals surface area (Å²) in [5.41, 5.74) is 0.394. The summed E-state index contributed by atoms with van der Waals surface area (Å²) < 4.78 is 1.01. The topological polar surface area (TPSA) is 54.4 Å². The van der Waals surface area contributed by atoms with Crippen molar-refractivity contribution in [3.05, 3.63) is 32.2 Å². The Morgan fingerprint density at radius 2 is 1.92 bits per heavy atom. The number of carboxylic acid groups (broad SMARTS) is 1. The van der Waals surface area contributed by atoms with Gasteiger partial charge in [-0.15, -0.1) is 0 Å². The molecule has 0 radical (unpaired) electrons. The van der Waals surface area contributed by atoms with Crippen LogP contribution in [-0.4, -0.2) is 17.4 Å². The van der Waals surface area contributed by atoms with Gasteiger partial charge in [0.2, 0.25) is 0 Å². The van der Waals surface area contributed by atoms with Gasteiger partial charge in [-0.1, -0.05) is 15.9 Å². The summed E-state index contributed by atoms with van der Waals surface area (Å²) in [5.74, 6) is -1.07. The van der Waals surface area contributed by atoms with Crippen molar-refractivity contribution in [2.45, 2.75) is 0 Å². The summed E-state index contributed by atoms with van der Waals surface area (Å²) in [4.78, 5) is 21.1. The largest absolute Gasteiger partial charge is 0.478 e. The lowest BCUT2D eigenvalue weighted by atomic mass is 10.1. The van der Waals surface area contributed by atoms with Crippen LogP contribution in [0.2, 0.25) is 0 Å². The Labute approximate surface area is 91.0 Å². The number of benzene rings is 1. The van der Waals surface area contributed by atoms with Gasteiger partial charge in [0.15, 0.2) is 6.29 Å². The number of carbonyl (C=O) groups is 2. The Morgan fingerprint density at radius 1 is 1.31 bits per heavy atom. The second-order valence-corrected chi connectivity index (χ2v) is 3.99. The second kappa shape index (κ2) is 4.02. The van der Waals surface area contributed by atoms with Crippen molar-refractivity contribution in [1.82, 2.24) is 0 Å². The second-order valence-electron chi connectivity index (χ2n) is 2.28. The maximum atomic E-state index is 10.6. The molecule has 0 spiro atoms. The Hall–Kier alpha value is -0.680. The van der Waals surface area contributed by atoms with Gasteiger partial charge in [0.25, 0.3) is 0 Å². The molecule has 0 bridgehead atoms. The summed E-state index contributed by atoms with van der Waals surface area (Å²) in [7, 11) is 0. The highest BCUT2D eigenvalue weighted by atomic mass is 79.9. The molecular weight excluding hydrogens is 304 g/mol. The van der Waals surface area contributed by atoms with E-state index >= 15 is 0 Å². The molecule has 68 valence electrons. The summed E-state index contributed by atoms with van der Waals surface area (Å²) in [6, 6.07) is 2.84. The van der Waals surface area contributed by atoms with E-state index in [1.807, 2.05) is 0 Å². The maximum Gasteiger partial charge on any atom is 0.336 e. The molecule has 0 unspecified atom stereocenters. The van der Waals surface area contributed by atoms with Crippen molar-refractivity contribution in [1.29, 1.82) is 0 Å². The molecule has 13 heavy (non-hydrogen) atoms. The number of hydrogen-bond donors (Lipinski definition) is 1. The van der Waals surface area contributed by atoms with Gasteiger partial charge in [0.1, 0.15) is 0 Å². The molecule has 0 fully saturated rings. The maximum absolute atomic E-state index is 10.6. The van der Waals surface area contributed by atoms with E-state index in [0.29, 0.717) is 20.8 Å². The third-order valence-corrected chi connectivity index (χ3v) is 2.79. The lowest BCUT2D eigenvalue weighted by Crippen LogP contribution is -1.99. The van der Waals surface area contributed by atoms with Crippen LogP contribution in [0.4, 0.5) is 0 Å². The molecule has 3 nitrogen and oxygen atoms in total. The SMILES string of the molecule is O=Cc1cc(C(=O)O)c(Br)cc1Br. The first kappa shape index (κ1) is 10.4. The van der Waals surface area contributed by atoms with Crippen LogP contribution in [0.15, 0.2) is 21.1 Å². The van der Waals surface area contributed by atoms with Crippen LogP contribution >= 0.6 is 31.9 Å². The fourth-order valence-electron chi connectivity index (χ4n) is 0.820. The average Bonchev–Trinajstić information content (AvgIpc) is 2.03. The normalized spacial score (nSPS) is 9.69. The van der Waals surface area contributed by atoms with Gasteiger partial charge >= 0.3 is 5.97 Å². The Bertz CT molecular complexity index is 374. The Morgan fingerprint density at radius 3 is 2.38 bits per heavy atom. The van der Waals surface area contributed by atoms with Crippen LogP contribution < -0.4 is 0 Å². The minimum absolute atomic E-state index is 0.0744. The fraction of sp³-hybridized carbons (Fsp3) is 0. The standard InChI is InChI=1S/C8H4Br2O3/c9-6-2-7(10)5(8(12)13)1-4(6)3-11/h1-3H,(H,12,13). The van der Waals surface area contributed by atoms with E-state index in [4.69, 9.17) is 5.11 Å². The number of aromatic carboxylic acids is 1. The van der Waals surface area contributed by atoms with Crippen LogP contribution in [0, 0.1) is 0 Å². The summed E-state index contributed by atoms with van der Waals surface area (Å²) in [6.45, 7) is 0. The van der Waals surface area contributed by atoms with Gasteiger partial charge < -0.3 is 5.11 Å². The van der Waals surface area contributed by atoms with E-state index < -0.39 is 5.97 Å². The lowest BCUT2D eigenvalue weighted by Gasteiger charge is -2.01. The van der Waals surface area contributed by atoms with Crippen molar-refractivity contribution in [3.63, 3.8) is 0 Å². The molecule has 5 heteroatoms. The van der Waals surface area contributed by atoms with Gasteiger partial charge in [0.05, 0.1) is 5.56 Å². The van der Waals surface area contributed by atoms with Gasteiger partial charge in [-0.25, -0.2) is 4.79 Å². The first-order valence-corrected chi connectivity index (χ1v) is 4.82. The molecule has 0 heterocycles. The average molecular weight is 308 g/mol. The molecule has 0 aromatic heterocycles. The highest BCUT2D eigenvalue weighted by Gasteiger charge is 2.11. The zero-order chi connectivity index (χ0) is 10.0. The number of rotatable bonds is 2. The van der Waals surface area contributed by atoms with E-state index in [0.717, 1.165) is 0 Å². The molecular formula is C8H4Br2O3. The minimum Gasteiger partial charge on any atom is -0.478 e. The Kier molecular flexibility index (Phi) is 3.22. The number of halogens is 2. The molecule has 1 N–H and O–H groups in total. The van der Waals surface area contributed by atoms with Gasteiger partial charge in [-0.2, -0.15) is 0 Å². The molecule has 0 saturated carbocycles. The van der Waals surface area contributed by atoms with Crippen LogP contribution in [0.3, 0.4) is 0 Å². The minimum atomic E-state index is -1.07. The van der Waals surface area contributed by atoms with E-state index in [2.05, 4.69) is 31.9 Å². The molecule has 1 aromatic carbocycles. The molecule has 0 aliphatic carbocycles. The Balaban J connectivity index is 3.38. The third-order valence-electron chi connectivity index (χ3n) is 1.44. The molecule has 1 rings (SSSR count). The predicted molar refractivity (Wildman–Crippen MR) is 54.2 cm³/mol. The summed E-state index contributed by atoms with van der Waals surface area (Å²) in [6.07, 6.45) is 0.600. The van der Waals surface area contributed by atoms with Crippen molar-refractivity contribution >= 4 is 44.1 Å². The lowest BCUT2D eigenvalue weighted by molar-refractivity contribution is 0.0696. The zero-order valence-electron chi connectivity index (χ0n) is 6.25. The molecule has 0 saturated heterocycles. The molecule has 0 aliphatic heterocycles. The fourth-order valence-corrected chi connectivity index (χ4v) is 2.08. The predicted octanol–water partition coefficient (Wildman–Crippen LogP) is 2.72. The third kappa shape index (κ3) is 2.16. The van der Waals surface area contributed by atoms with E-state index in [1.54, 1.807) is 0 Å². The van der Waals surface area contributed by atoms with Crippen molar-refractivity contribution in [3.8, 4) is 0 Å². The van der Waals surface area contributed by atoms with Crippen LogP contribution in [-0.2, 0) is 0 Å². The smallest absolute Gasteiger partial charge is 0.336 e. The summed E-state index contributed by atoms with van der Waals surface area (Å²) in [5, 5.41) is 8.72. The van der Waals surface area contributed by atoms with Gasteiger partial charge in [-0.3, -0.25) is 4.79 Å². The first-order valence-electron chi connectivity index (χ1n) is 3.23. The highest BCUT2D eigenvalue weighted by molar-refractivity contribution is 9.11. The quantitative estimate of drug-likeness (QED) is 0.855. The van der Waals surface area contributed by atoms with Crippen molar-refractivity contribution < 1.29 is 14.7 Å². The zero-order valence-corrected chi connectivity index (χ0v) is 9.42. The van der Waals surface area contributed by atoms with Gasteiger partial charge in [0, 0.05) is 14.5 Å². The molecule has 1 aromatic rings. The number of carbonyl (C=O) groups excluding carboxylic acids is 1. The van der Waals surface area contributed by atoms with Crippen molar-refractivity contribution in [2.75, 3.05) is 0 Å². The van der Waals surface area contributed by atoms with Crippen LogP contribution in [0.1, 0.15) is 20.7 Å². The monoisotopic (exact) mass is 306 g/mol. The molecule has 0 atom stereocenters. The molecule has 0 amide bonds. The van der Waals surface area contributed by atoms with E-state index in [-0.39, 0.29) is 5.56 Å². The number of carboxylic acids is 1. The number of hydrogen-bond acceptors (Lipinski definition) is 2. The summed E-state index contributed by atoms with van der Waals surface area (Å²) >= 11 is 6.22. The van der Waals surface area contributed by atoms with Crippen molar-refractivity contribution in [2.24, 2.45) is 0 Å². The first-order chi connectivity index (χ1) is 6.06. The highest BCUT2D eigenvalue weighted by Crippen LogP contribution is 2.25. The van der Waals surface area contributed by atoms with Gasteiger partial charge in [-0.05, 0) is 28.1 Å².